The van der Waals surface area contributed by atoms with Crippen LogP contribution in [-0.4, -0.2) is 65.7 Å². The zero-order valence-corrected chi connectivity index (χ0v) is 13.9. The highest BCUT2D eigenvalue weighted by Gasteiger charge is 2.41. The summed E-state index contributed by atoms with van der Waals surface area (Å²) in [5.74, 6) is 0.646. The second kappa shape index (κ2) is 7.21. The summed E-state index contributed by atoms with van der Waals surface area (Å²) in [7, 11) is 0. The predicted octanol–water partition coefficient (Wildman–Crippen LogP) is 1.64. The summed E-state index contributed by atoms with van der Waals surface area (Å²) in [6.07, 6.45) is 4.13. The molecule has 2 aliphatic heterocycles. The van der Waals surface area contributed by atoms with Crippen LogP contribution < -0.4 is 4.90 Å². The van der Waals surface area contributed by atoms with Gasteiger partial charge >= 0.3 is 0 Å². The van der Waals surface area contributed by atoms with Crippen LogP contribution in [0.5, 0.6) is 0 Å². The third-order valence-electron chi connectivity index (χ3n) is 4.38. The van der Waals surface area contributed by atoms with Crippen molar-refractivity contribution in [2.24, 2.45) is 5.11 Å². The van der Waals surface area contributed by atoms with E-state index in [2.05, 4.69) is 20.0 Å². The number of amides is 1. The molecule has 0 aromatic carbocycles. The first kappa shape index (κ1) is 16.8. The fourth-order valence-corrected chi connectivity index (χ4v) is 2.98. The third kappa shape index (κ3) is 3.69. The number of aromatic nitrogens is 2. The molecule has 2 saturated heterocycles. The van der Waals surface area contributed by atoms with Crippen molar-refractivity contribution in [3.8, 4) is 0 Å². The quantitative estimate of drug-likeness (QED) is 0.455. The lowest BCUT2D eigenvalue weighted by Crippen LogP contribution is -2.54. The number of hydrogen-bond acceptors (Lipinski definition) is 6. The first-order valence-electron chi connectivity index (χ1n) is 7.77. The minimum atomic E-state index is -0.611. The Kier molecular flexibility index (Phi) is 5.03. The molecule has 0 saturated carbocycles. The molecule has 1 aromatic heterocycles. The van der Waals surface area contributed by atoms with Gasteiger partial charge in [0.05, 0.1) is 42.6 Å². The van der Waals surface area contributed by atoms with Crippen LogP contribution in [0, 0.1) is 0 Å². The van der Waals surface area contributed by atoms with Gasteiger partial charge in [0.25, 0.3) is 0 Å². The molecule has 1 aromatic rings. The molecule has 0 bridgehead atoms. The number of ether oxygens (including phenoxy) is 1. The number of piperazine rings is 1. The van der Waals surface area contributed by atoms with E-state index < -0.39 is 5.60 Å². The summed E-state index contributed by atoms with van der Waals surface area (Å²) in [4.78, 5) is 27.5. The summed E-state index contributed by atoms with van der Waals surface area (Å²) in [5, 5.41) is 4.07. The molecular formula is C14H18ClN7O2. The number of nitrogens with zero attached hydrogens (tertiary/aromatic N) is 7. The van der Waals surface area contributed by atoms with Gasteiger partial charge in [0.2, 0.25) is 11.9 Å². The second-order valence-corrected chi connectivity index (χ2v) is 6.35. The maximum absolute atomic E-state index is 12.5. The van der Waals surface area contributed by atoms with E-state index in [0.29, 0.717) is 43.8 Å². The Hall–Kier alpha value is -2.09. The molecule has 2 fully saturated rings. The third-order valence-corrected chi connectivity index (χ3v) is 4.58. The van der Waals surface area contributed by atoms with Crippen LogP contribution in [0.15, 0.2) is 17.5 Å². The molecule has 3 rings (SSSR count). The van der Waals surface area contributed by atoms with Crippen LogP contribution in [0.2, 0.25) is 5.02 Å². The Morgan fingerprint density at radius 1 is 1.38 bits per heavy atom. The molecule has 0 aliphatic carbocycles. The lowest BCUT2D eigenvalue weighted by atomic mass is 9.90. The van der Waals surface area contributed by atoms with Crippen molar-refractivity contribution in [1.29, 1.82) is 0 Å². The molecule has 128 valence electrons. The van der Waals surface area contributed by atoms with Gasteiger partial charge in [-0.3, -0.25) is 4.79 Å². The molecule has 10 heteroatoms. The molecule has 1 unspecified atom stereocenters. The first-order chi connectivity index (χ1) is 11.6. The summed E-state index contributed by atoms with van der Waals surface area (Å²) < 4.78 is 5.53. The Morgan fingerprint density at radius 2 is 2.04 bits per heavy atom. The number of carbonyl (C=O) groups is 1. The molecule has 1 atom stereocenters. The molecule has 24 heavy (non-hydrogen) atoms. The highest BCUT2D eigenvalue weighted by molar-refractivity contribution is 6.30. The molecule has 0 radical (unpaired) electrons. The number of halogens is 1. The number of azide groups is 1. The van der Waals surface area contributed by atoms with Crippen molar-refractivity contribution in [3.05, 3.63) is 27.9 Å². The van der Waals surface area contributed by atoms with Crippen molar-refractivity contribution in [2.45, 2.75) is 18.4 Å². The lowest BCUT2D eigenvalue weighted by molar-refractivity contribution is -0.163. The van der Waals surface area contributed by atoms with Gasteiger partial charge < -0.3 is 14.5 Å². The van der Waals surface area contributed by atoms with Gasteiger partial charge in [-0.15, -0.1) is 0 Å². The van der Waals surface area contributed by atoms with Crippen molar-refractivity contribution >= 4 is 23.5 Å². The molecule has 0 spiro atoms. The number of anilines is 1. The van der Waals surface area contributed by atoms with E-state index in [1.807, 2.05) is 9.80 Å². The molecule has 3 heterocycles. The SMILES string of the molecule is [N-]=[N+]=NCC1(CC(=O)N2CCN(c3ncc(Cl)cn3)CC2)CCO1. The van der Waals surface area contributed by atoms with E-state index in [9.17, 15) is 4.79 Å². The zero-order valence-electron chi connectivity index (χ0n) is 13.1. The topological polar surface area (TPSA) is 107 Å². The fourth-order valence-electron chi connectivity index (χ4n) is 2.88. The average Bonchev–Trinajstić information content (AvgIpc) is 2.58. The summed E-state index contributed by atoms with van der Waals surface area (Å²) >= 11 is 5.79. The van der Waals surface area contributed by atoms with Crippen LogP contribution in [-0.2, 0) is 9.53 Å². The van der Waals surface area contributed by atoms with E-state index in [-0.39, 0.29) is 18.9 Å². The van der Waals surface area contributed by atoms with E-state index in [1.54, 1.807) is 12.4 Å². The second-order valence-electron chi connectivity index (χ2n) is 5.92. The number of carbonyl (C=O) groups excluding carboxylic acids is 1. The van der Waals surface area contributed by atoms with Gasteiger partial charge in [-0.1, -0.05) is 16.7 Å². The van der Waals surface area contributed by atoms with Crippen molar-refractivity contribution in [3.63, 3.8) is 0 Å². The smallest absolute Gasteiger partial charge is 0.225 e. The highest BCUT2D eigenvalue weighted by atomic mass is 35.5. The van der Waals surface area contributed by atoms with Crippen LogP contribution in [0.1, 0.15) is 12.8 Å². The standard InChI is InChI=1S/C14H18ClN7O2/c15-11-8-17-13(18-9-11)22-4-2-21(3-5-22)12(23)7-14(1-6-24-14)10-19-20-16/h8-9H,1-7,10H2. The Labute approximate surface area is 144 Å². The normalized spacial score (nSPS) is 23.4. The Morgan fingerprint density at radius 3 is 2.58 bits per heavy atom. The van der Waals surface area contributed by atoms with Crippen LogP contribution in [0.25, 0.3) is 10.4 Å². The van der Waals surface area contributed by atoms with E-state index in [0.717, 1.165) is 6.42 Å². The molecular weight excluding hydrogens is 334 g/mol. The Balaban J connectivity index is 1.53. The van der Waals surface area contributed by atoms with Crippen LogP contribution >= 0.6 is 11.6 Å². The summed E-state index contributed by atoms with van der Waals surface area (Å²) in [5.41, 5.74) is 7.86. The molecule has 0 N–H and O–H groups in total. The average molecular weight is 352 g/mol. The van der Waals surface area contributed by atoms with E-state index in [4.69, 9.17) is 21.9 Å². The summed E-state index contributed by atoms with van der Waals surface area (Å²) in [6.45, 7) is 3.34. The van der Waals surface area contributed by atoms with Crippen molar-refractivity contribution in [1.82, 2.24) is 14.9 Å². The first-order valence-corrected chi connectivity index (χ1v) is 8.15. The van der Waals surface area contributed by atoms with Crippen LogP contribution in [0.3, 0.4) is 0 Å². The van der Waals surface area contributed by atoms with Crippen molar-refractivity contribution < 1.29 is 9.53 Å². The maximum Gasteiger partial charge on any atom is 0.225 e. The van der Waals surface area contributed by atoms with Gasteiger partial charge in [-0.25, -0.2) is 9.97 Å². The minimum absolute atomic E-state index is 0.0273. The highest BCUT2D eigenvalue weighted by Crippen LogP contribution is 2.31. The van der Waals surface area contributed by atoms with E-state index >= 15 is 0 Å². The molecule has 9 nitrogen and oxygen atoms in total. The van der Waals surface area contributed by atoms with Gasteiger partial charge in [-0.05, 0) is 5.53 Å². The fraction of sp³-hybridized carbons (Fsp3) is 0.643. The van der Waals surface area contributed by atoms with E-state index in [1.165, 1.54) is 0 Å². The minimum Gasteiger partial charge on any atom is -0.374 e. The van der Waals surface area contributed by atoms with Gasteiger partial charge in [0.15, 0.2) is 0 Å². The van der Waals surface area contributed by atoms with Gasteiger partial charge in [-0.2, -0.15) is 0 Å². The molecule has 2 aliphatic rings. The number of rotatable bonds is 5. The monoisotopic (exact) mass is 351 g/mol. The predicted molar refractivity (Wildman–Crippen MR) is 87.8 cm³/mol. The van der Waals surface area contributed by atoms with Gasteiger partial charge in [0, 0.05) is 37.5 Å². The largest absolute Gasteiger partial charge is 0.374 e. The van der Waals surface area contributed by atoms with Gasteiger partial charge in [0.1, 0.15) is 0 Å². The number of hydrogen-bond donors (Lipinski definition) is 0. The van der Waals surface area contributed by atoms with Crippen LogP contribution in [0.4, 0.5) is 5.95 Å². The molecule has 1 amide bonds. The maximum atomic E-state index is 12.5. The Bertz CT molecular complexity index is 635. The van der Waals surface area contributed by atoms with Crippen molar-refractivity contribution in [2.75, 3.05) is 44.2 Å². The lowest BCUT2D eigenvalue weighted by Gasteiger charge is -2.42. The zero-order chi connectivity index (χ0) is 17.0. The summed E-state index contributed by atoms with van der Waals surface area (Å²) in [6, 6.07) is 0.